The average Bonchev–Trinajstić information content (AvgIpc) is 2.73. The van der Waals surface area contributed by atoms with Crippen molar-refractivity contribution >= 4 is 29.7 Å². The number of ether oxygens (including phenoxy) is 1. The Labute approximate surface area is 115 Å². The van der Waals surface area contributed by atoms with Crippen molar-refractivity contribution < 1.29 is 9.53 Å². The monoisotopic (exact) mass is 282 g/mol. The highest BCUT2D eigenvalue weighted by Crippen LogP contribution is 2.19. The first-order valence-electron chi connectivity index (χ1n) is 5.24. The molecule has 0 fully saturated rings. The van der Waals surface area contributed by atoms with E-state index in [1.54, 1.807) is 24.4 Å². The molecule has 94 valence electrons. The summed E-state index contributed by atoms with van der Waals surface area (Å²) in [4.78, 5) is 11.3. The highest BCUT2D eigenvalue weighted by molar-refractivity contribution is 7.78. The molecule has 6 heteroatoms. The minimum Gasteiger partial charge on any atom is -0.472 e. The third-order valence-electron chi connectivity index (χ3n) is 2.54. The lowest BCUT2D eigenvalue weighted by atomic mass is 10.0. The number of halogens is 1. The van der Waals surface area contributed by atoms with Crippen LogP contribution in [-0.2, 0) is 6.61 Å². The molecule has 0 bridgehead atoms. The number of carbonyl (C=O) groups is 1. The van der Waals surface area contributed by atoms with Gasteiger partial charge in [-0.1, -0.05) is 12.1 Å². The van der Waals surface area contributed by atoms with E-state index in [4.69, 9.17) is 16.3 Å². The smallest absolute Gasteiger partial charge is 0.252 e. The molecule has 1 heterocycles. The van der Waals surface area contributed by atoms with Gasteiger partial charge in [0.1, 0.15) is 6.61 Å². The number of aryl methyl sites for hydroxylation is 1. The summed E-state index contributed by atoms with van der Waals surface area (Å²) in [7, 11) is 0. The maximum Gasteiger partial charge on any atom is 0.252 e. The van der Waals surface area contributed by atoms with Gasteiger partial charge in [0.2, 0.25) is 5.88 Å². The molecule has 18 heavy (non-hydrogen) atoms. The van der Waals surface area contributed by atoms with Crippen molar-refractivity contribution in [2.24, 2.45) is 0 Å². The van der Waals surface area contributed by atoms with Crippen LogP contribution in [0.3, 0.4) is 0 Å². The molecule has 1 aromatic carbocycles. The summed E-state index contributed by atoms with van der Waals surface area (Å²) in [6.07, 6.45) is 1.66. The van der Waals surface area contributed by atoms with E-state index in [2.05, 4.69) is 17.9 Å². The van der Waals surface area contributed by atoms with Crippen molar-refractivity contribution in [3.8, 4) is 5.88 Å². The first-order valence-corrected chi connectivity index (χ1v) is 6.02. The Balaban J connectivity index is 2.20. The van der Waals surface area contributed by atoms with Crippen molar-refractivity contribution in [1.29, 1.82) is 0 Å². The number of benzene rings is 1. The molecule has 0 N–H and O–H groups in total. The second-order valence-electron chi connectivity index (χ2n) is 3.74. The predicted octanol–water partition coefficient (Wildman–Crippen LogP) is 2.84. The van der Waals surface area contributed by atoms with E-state index in [-0.39, 0.29) is 6.61 Å². The van der Waals surface area contributed by atoms with Crippen molar-refractivity contribution in [3.05, 3.63) is 47.2 Å². The molecule has 4 nitrogen and oxygen atoms in total. The van der Waals surface area contributed by atoms with E-state index in [1.807, 2.05) is 13.0 Å². The van der Waals surface area contributed by atoms with Crippen molar-refractivity contribution in [2.45, 2.75) is 13.5 Å². The summed E-state index contributed by atoms with van der Waals surface area (Å²) in [5, 5.41) is 3.48. The van der Waals surface area contributed by atoms with Crippen LogP contribution in [-0.4, -0.2) is 14.4 Å². The van der Waals surface area contributed by atoms with Crippen LogP contribution < -0.4 is 4.74 Å². The zero-order valence-corrected chi connectivity index (χ0v) is 11.3. The molecule has 0 saturated carbocycles. The number of hydrogen-bond donors (Lipinski definition) is 1. The molecule has 0 atom stereocenters. The zero-order valence-electron chi connectivity index (χ0n) is 9.63. The van der Waals surface area contributed by atoms with Gasteiger partial charge in [0.25, 0.3) is 5.24 Å². The van der Waals surface area contributed by atoms with Gasteiger partial charge in [-0.05, 0) is 43.0 Å². The van der Waals surface area contributed by atoms with E-state index in [1.165, 1.54) is 4.09 Å². The molecule has 0 aliphatic rings. The van der Waals surface area contributed by atoms with Crippen LogP contribution in [0.4, 0.5) is 0 Å². The fraction of sp³-hybridized carbons (Fsp3) is 0.167. The van der Waals surface area contributed by atoms with Crippen LogP contribution in [0.1, 0.15) is 21.5 Å². The summed E-state index contributed by atoms with van der Waals surface area (Å²) in [6, 6.07) is 7.06. The summed E-state index contributed by atoms with van der Waals surface area (Å²) >= 11 is 9.55. The fourth-order valence-electron chi connectivity index (χ4n) is 1.60. The predicted molar refractivity (Wildman–Crippen MR) is 72.3 cm³/mol. The molecule has 2 rings (SSSR count). The van der Waals surface area contributed by atoms with Crippen molar-refractivity contribution in [2.75, 3.05) is 0 Å². The van der Waals surface area contributed by atoms with E-state index in [0.717, 1.165) is 11.1 Å². The second kappa shape index (κ2) is 5.46. The Morgan fingerprint density at radius 2 is 2.28 bits per heavy atom. The minimum atomic E-state index is -0.489. The number of nitrogens with zero attached hydrogens (tertiary/aromatic N) is 2. The first kappa shape index (κ1) is 13.0. The number of carbonyl (C=O) groups excluding carboxylic acids is 1. The highest BCUT2D eigenvalue weighted by Gasteiger charge is 2.12. The Hall–Kier alpha value is -1.46. The Bertz CT molecular complexity index is 583. The Morgan fingerprint density at radius 3 is 2.89 bits per heavy atom. The van der Waals surface area contributed by atoms with Crippen LogP contribution in [0.15, 0.2) is 30.5 Å². The molecule has 0 saturated heterocycles. The van der Waals surface area contributed by atoms with Crippen LogP contribution in [0.2, 0.25) is 0 Å². The van der Waals surface area contributed by atoms with Gasteiger partial charge >= 0.3 is 0 Å². The lowest BCUT2D eigenvalue weighted by Crippen LogP contribution is -2.05. The SMILES string of the molecule is Cc1cccc(C(=O)Cl)c1COc1ccn(S)n1. The van der Waals surface area contributed by atoms with Gasteiger partial charge in [0.15, 0.2) is 0 Å². The van der Waals surface area contributed by atoms with Gasteiger partial charge in [0, 0.05) is 23.4 Å². The summed E-state index contributed by atoms with van der Waals surface area (Å²) in [5.74, 6) is 0.446. The van der Waals surface area contributed by atoms with Gasteiger partial charge in [-0.15, -0.1) is 5.10 Å². The third-order valence-corrected chi connectivity index (χ3v) is 2.96. The van der Waals surface area contributed by atoms with Gasteiger partial charge in [-0.25, -0.2) is 4.09 Å². The lowest BCUT2D eigenvalue weighted by molar-refractivity contribution is 0.107. The largest absolute Gasteiger partial charge is 0.472 e. The van der Waals surface area contributed by atoms with E-state index >= 15 is 0 Å². The molecule has 0 aliphatic carbocycles. The topological polar surface area (TPSA) is 44.1 Å². The van der Waals surface area contributed by atoms with E-state index in [0.29, 0.717) is 11.4 Å². The molecular formula is C12H11ClN2O2S. The number of aromatic nitrogens is 2. The van der Waals surface area contributed by atoms with Gasteiger partial charge < -0.3 is 4.74 Å². The van der Waals surface area contributed by atoms with Gasteiger partial charge in [-0.2, -0.15) is 0 Å². The van der Waals surface area contributed by atoms with Crippen LogP contribution in [0.25, 0.3) is 0 Å². The fourth-order valence-corrected chi connectivity index (χ4v) is 1.93. The normalized spacial score (nSPS) is 10.4. The van der Waals surface area contributed by atoms with Crippen molar-refractivity contribution in [1.82, 2.24) is 9.19 Å². The molecule has 0 spiro atoms. The zero-order chi connectivity index (χ0) is 13.1. The van der Waals surface area contributed by atoms with Crippen molar-refractivity contribution in [3.63, 3.8) is 0 Å². The third kappa shape index (κ3) is 2.86. The average molecular weight is 283 g/mol. The van der Waals surface area contributed by atoms with Gasteiger partial charge in [0.05, 0.1) is 0 Å². The standard InChI is InChI=1S/C12H11ClN2O2S/c1-8-3-2-4-9(12(13)16)10(8)7-17-11-5-6-15(18)14-11/h2-6,18H,7H2,1H3. The van der Waals surface area contributed by atoms with Crippen LogP contribution in [0.5, 0.6) is 5.88 Å². The Kier molecular flexibility index (Phi) is 3.93. The maximum absolute atomic E-state index is 11.3. The second-order valence-corrected chi connectivity index (χ2v) is 4.49. The number of thiol groups is 1. The molecule has 2 aromatic rings. The quantitative estimate of drug-likeness (QED) is 0.693. The van der Waals surface area contributed by atoms with Gasteiger partial charge in [-0.3, -0.25) is 4.79 Å². The molecule has 0 aliphatic heterocycles. The highest BCUT2D eigenvalue weighted by atomic mass is 35.5. The number of rotatable bonds is 4. The minimum absolute atomic E-state index is 0.241. The summed E-state index contributed by atoms with van der Waals surface area (Å²) in [5.41, 5.74) is 2.18. The van der Waals surface area contributed by atoms with Crippen LogP contribution >= 0.6 is 24.4 Å². The molecule has 0 radical (unpaired) electrons. The summed E-state index contributed by atoms with van der Waals surface area (Å²) in [6.45, 7) is 2.14. The van der Waals surface area contributed by atoms with Crippen LogP contribution in [0, 0.1) is 6.92 Å². The molecule has 1 aromatic heterocycles. The van der Waals surface area contributed by atoms with E-state index < -0.39 is 5.24 Å². The first-order chi connectivity index (χ1) is 8.58. The van der Waals surface area contributed by atoms with E-state index in [9.17, 15) is 4.79 Å². The number of hydrogen-bond acceptors (Lipinski definition) is 4. The molecule has 0 amide bonds. The summed E-state index contributed by atoms with van der Waals surface area (Å²) < 4.78 is 6.84. The molecular weight excluding hydrogens is 272 g/mol. The lowest BCUT2D eigenvalue weighted by Gasteiger charge is -2.09. The molecule has 0 unspecified atom stereocenters. The Morgan fingerprint density at radius 1 is 1.50 bits per heavy atom. The maximum atomic E-state index is 11.3.